The molecule has 0 fully saturated rings. The van der Waals surface area contributed by atoms with E-state index in [0.29, 0.717) is 22.3 Å². The number of hydrogen-bond acceptors (Lipinski definition) is 5. The molecule has 0 spiro atoms. The molecule has 1 aliphatic rings. The molecule has 18 heavy (non-hydrogen) atoms. The Labute approximate surface area is 105 Å². The second-order valence-corrected chi connectivity index (χ2v) is 4.17. The molecule has 0 bridgehead atoms. The molecule has 0 aliphatic carbocycles. The van der Waals surface area contributed by atoms with Crippen molar-refractivity contribution in [1.82, 2.24) is 0 Å². The van der Waals surface area contributed by atoms with Gasteiger partial charge in [0.1, 0.15) is 12.2 Å². The summed E-state index contributed by atoms with van der Waals surface area (Å²) in [6.07, 6.45) is -0.515. The first kappa shape index (κ1) is 12.9. The number of benzene rings is 1. The van der Waals surface area contributed by atoms with Gasteiger partial charge in [-0.1, -0.05) is 0 Å². The molecule has 0 amide bonds. The van der Waals surface area contributed by atoms with Crippen LogP contribution in [0.4, 0.5) is 0 Å². The summed E-state index contributed by atoms with van der Waals surface area (Å²) in [4.78, 5) is 10.8. The van der Waals surface area contributed by atoms with Crippen molar-refractivity contribution < 1.29 is 24.4 Å². The molecule has 96 valence electrons. The van der Waals surface area contributed by atoms with Gasteiger partial charge in [0.15, 0.2) is 5.79 Å². The zero-order valence-electron chi connectivity index (χ0n) is 9.97. The van der Waals surface area contributed by atoms with Gasteiger partial charge in [0.2, 0.25) is 0 Å². The van der Waals surface area contributed by atoms with Gasteiger partial charge >= 0.3 is 13.5 Å². The third-order valence-corrected chi connectivity index (χ3v) is 2.98. The summed E-state index contributed by atoms with van der Waals surface area (Å²) in [6.45, 7) is 0.171. The predicted molar refractivity (Wildman–Crippen MR) is 64.9 cm³/mol. The van der Waals surface area contributed by atoms with E-state index in [9.17, 15) is 9.90 Å². The van der Waals surface area contributed by atoms with Crippen molar-refractivity contribution in [3.05, 3.63) is 23.3 Å². The fourth-order valence-corrected chi connectivity index (χ4v) is 2.24. The lowest BCUT2D eigenvalue weighted by atomic mass is 9.83. The number of carbonyl (C=O) groups is 1. The van der Waals surface area contributed by atoms with Crippen molar-refractivity contribution in [2.24, 2.45) is 5.73 Å². The molecule has 1 aliphatic heterocycles. The van der Waals surface area contributed by atoms with Crippen LogP contribution in [0.25, 0.3) is 0 Å². The van der Waals surface area contributed by atoms with Crippen molar-refractivity contribution in [1.29, 1.82) is 0 Å². The molecule has 1 atom stereocenters. The maximum Gasteiger partial charge on any atom is 0.313 e. The number of rotatable bonds is 4. The highest BCUT2D eigenvalue weighted by Gasteiger charge is 2.42. The zero-order valence-corrected chi connectivity index (χ0v) is 9.97. The summed E-state index contributed by atoms with van der Waals surface area (Å²) in [7, 11) is 1.67. The number of hydrogen-bond donors (Lipinski definition) is 3. The Kier molecular flexibility index (Phi) is 3.29. The Morgan fingerprint density at radius 3 is 2.89 bits per heavy atom. The number of methoxy groups -OCH3 is 1. The van der Waals surface area contributed by atoms with E-state index in [1.54, 1.807) is 12.1 Å². The van der Waals surface area contributed by atoms with Gasteiger partial charge in [-0.25, -0.2) is 0 Å². The van der Waals surface area contributed by atoms with E-state index in [1.807, 2.05) is 0 Å². The Balaban J connectivity index is 2.51. The lowest BCUT2D eigenvalue weighted by Crippen LogP contribution is -2.31. The molecule has 1 unspecified atom stereocenters. The van der Waals surface area contributed by atoms with E-state index in [-0.39, 0.29) is 14.0 Å². The number of fused-ring (bicyclic) bond motifs is 1. The highest BCUT2D eigenvalue weighted by molar-refractivity contribution is 6.49. The van der Waals surface area contributed by atoms with E-state index >= 15 is 0 Å². The molecule has 1 heterocycles. The second kappa shape index (κ2) is 4.60. The van der Waals surface area contributed by atoms with Crippen LogP contribution >= 0.6 is 0 Å². The first-order valence-corrected chi connectivity index (χ1v) is 5.48. The summed E-state index contributed by atoms with van der Waals surface area (Å²) >= 11 is 0. The van der Waals surface area contributed by atoms with Crippen molar-refractivity contribution >= 4 is 18.9 Å². The number of aliphatic carboxylic acids is 1. The Bertz CT molecular complexity index is 493. The van der Waals surface area contributed by atoms with Gasteiger partial charge in [0.05, 0.1) is 7.11 Å². The fourth-order valence-electron chi connectivity index (χ4n) is 2.24. The summed E-state index contributed by atoms with van der Waals surface area (Å²) in [5.74, 6) is -2.33. The minimum Gasteiger partial charge on any atom is -0.497 e. The average molecular weight is 251 g/mol. The van der Waals surface area contributed by atoms with Gasteiger partial charge in [-0.05, 0) is 23.2 Å². The van der Waals surface area contributed by atoms with Crippen molar-refractivity contribution in [2.75, 3.05) is 7.11 Å². The van der Waals surface area contributed by atoms with Gasteiger partial charge in [-0.15, -0.1) is 0 Å². The Morgan fingerprint density at radius 1 is 1.61 bits per heavy atom. The van der Waals surface area contributed by atoms with Crippen molar-refractivity contribution in [2.45, 2.75) is 18.8 Å². The highest BCUT2D eigenvalue weighted by Crippen LogP contribution is 2.33. The highest BCUT2D eigenvalue weighted by atomic mass is 16.6. The van der Waals surface area contributed by atoms with Crippen molar-refractivity contribution in [3.63, 3.8) is 0 Å². The molecule has 6 nitrogen and oxygen atoms in total. The normalized spacial score (nSPS) is 21.3. The lowest BCUT2D eigenvalue weighted by Gasteiger charge is -2.24. The molecule has 0 aromatic heterocycles. The Morgan fingerprint density at radius 2 is 2.33 bits per heavy atom. The summed E-state index contributed by atoms with van der Waals surface area (Å²) in [6, 6.07) is 3.40. The van der Waals surface area contributed by atoms with Crippen LogP contribution in [0, 0.1) is 0 Å². The molecule has 2 rings (SSSR count). The second-order valence-electron chi connectivity index (χ2n) is 4.17. The smallest absolute Gasteiger partial charge is 0.313 e. The minimum absolute atomic E-state index is 0.142. The van der Waals surface area contributed by atoms with Gasteiger partial charge in [0, 0.05) is 12.1 Å². The molecule has 1 aromatic rings. The van der Waals surface area contributed by atoms with E-state index in [1.165, 1.54) is 7.11 Å². The van der Waals surface area contributed by atoms with Crippen LogP contribution in [0.3, 0.4) is 0 Å². The van der Waals surface area contributed by atoms with E-state index in [2.05, 4.69) is 0 Å². The maximum atomic E-state index is 10.8. The summed E-state index contributed by atoms with van der Waals surface area (Å²) in [5.41, 5.74) is 7.42. The monoisotopic (exact) mass is 251 g/mol. The van der Waals surface area contributed by atoms with Gasteiger partial charge < -0.3 is 25.3 Å². The molecule has 0 saturated heterocycles. The molecular formula is C11H14BNO5. The zero-order chi connectivity index (χ0) is 13.3. The van der Waals surface area contributed by atoms with Crippen LogP contribution < -0.4 is 15.9 Å². The standard InChI is InChI=1S/C11H14BNO5/c1-17-7-2-6(5-13)10-8(3-7)12-18-11(10,16)4-9(14)15/h2-3,12,16H,4-5,13H2,1H3,(H,14,15). The summed E-state index contributed by atoms with van der Waals surface area (Å²) < 4.78 is 10.3. The molecular weight excluding hydrogens is 237 g/mol. The first-order valence-electron chi connectivity index (χ1n) is 5.48. The number of aliphatic hydroxyl groups is 1. The Hall–Kier alpha value is -1.57. The van der Waals surface area contributed by atoms with E-state index in [4.69, 9.17) is 20.2 Å². The van der Waals surface area contributed by atoms with Crippen LogP contribution in [0.1, 0.15) is 17.5 Å². The van der Waals surface area contributed by atoms with Gasteiger partial charge in [-0.3, -0.25) is 4.79 Å². The minimum atomic E-state index is -1.80. The topological polar surface area (TPSA) is 102 Å². The molecule has 7 heteroatoms. The maximum absolute atomic E-state index is 10.8. The van der Waals surface area contributed by atoms with E-state index < -0.39 is 18.2 Å². The van der Waals surface area contributed by atoms with Crippen LogP contribution in [0.2, 0.25) is 0 Å². The number of carboxylic acids is 1. The van der Waals surface area contributed by atoms with Crippen molar-refractivity contribution in [3.8, 4) is 5.75 Å². The quantitative estimate of drug-likeness (QED) is 0.580. The number of carboxylic acid groups (broad SMARTS) is 1. The molecule has 0 radical (unpaired) electrons. The van der Waals surface area contributed by atoms with Crippen LogP contribution in [0.5, 0.6) is 5.75 Å². The first-order chi connectivity index (χ1) is 8.50. The number of nitrogens with two attached hydrogens (primary N) is 1. The van der Waals surface area contributed by atoms with Crippen LogP contribution in [-0.2, 0) is 21.8 Å². The van der Waals surface area contributed by atoms with Crippen LogP contribution in [-0.4, -0.2) is 30.8 Å². The largest absolute Gasteiger partial charge is 0.497 e. The lowest BCUT2D eigenvalue weighted by molar-refractivity contribution is -0.170. The third-order valence-electron chi connectivity index (χ3n) is 2.98. The molecule has 0 saturated carbocycles. The van der Waals surface area contributed by atoms with Gasteiger partial charge in [0.25, 0.3) is 0 Å². The predicted octanol–water partition coefficient (Wildman–Crippen LogP) is -1.22. The van der Waals surface area contributed by atoms with Crippen LogP contribution in [0.15, 0.2) is 12.1 Å². The average Bonchev–Trinajstić information content (AvgIpc) is 2.65. The summed E-state index contributed by atoms with van der Waals surface area (Å²) in [5, 5.41) is 19.1. The van der Waals surface area contributed by atoms with Gasteiger partial charge in [-0.2, -0.15) is 0 Å². The van der Waals surface area contributed by atoms with E-state index in [0.717, 1.165) is 0 Å². The SMILES string of the molecule is COc1cc2c(c(CN)c1)C(O)(CC(=O)O)OB2. The number of ether oxygens (including phenoxy) is 1. The third kappa shape index (κ3) is 2.08. The molecule has 1 aromatic carbocycles. The fraction of sp³-hybridized carbons (Fsp3) is 0.364. The molecule has 4 N–H and O–H groups in total.